The van der Waals surface area contributed by atoms with E-state index in [1.165, 1.54) is 31.2 Å². The van der Waals surface area contributed by atoms with Crippen LogP contribution in [0, 0.1) is 0 Å². The van der Waals surface area contributed by atoms with Gasteiger partial charge in [-0.05, 0) is 70.8 Å². The topological polar surface area (TPSA) is 56.4 Å². The number of amides is 2. The van der Waals surface area contributed by atoms with Crippen LogP contribution < -0.4 is 16.0 Å². The molecule has 0 bridgehead atoms. The highest BCUT2D eigenvalue weighted by Gasteiger charge is 2.25. The maximum atomic E-state index is 11.8. The van der Waals surface area contributed by atoms with Gasteiger partial charge in [0.25, 0.3) is 0 Å². The van der Waals surface area contributed by atoms with Crippen LogP contribution in [0.3, 0.4) is 0 Å². The fraction of sp³-hybridized carbons (Fsp3) is 0.650. The van der Waals surface area contributed by atoms with Gasteiger partial charge in [0.15, 0.2) is 0 Å². The van der Waals surface area contributed by atoms with Crippen molar-refractivity contribution >= 4 is 11.7 Å². The summed E-state index contributed by atoms with van der Waals surface area (Å²) in [5.74, 6) is 0. The molecule has 2 saturated carbocycles. The Hall–Kier alpha value is -1.59. The van der Waals surface area contributed by atoms with Crippen molar-refractivity contribution in [3.8, 4) is 0 Å². The van der Waals surface area contributed by atoms with E-state index in [0.29, 0.717) is 24.2 Å². The number of carbonyl (C=O) groups excluding carboxylic acids is 1. The van der Waals surface area contributed by atoms with E-state index >= 15 is 0 Å². The summed E-state index contributed by atoms with van der Waals surface area (Å²) in [6.45, 7) is 2.22. The van der Waals surface area contributed by atoms with E-state index in [2.05, 4.69) is 54.0 Å². The molecular weight excluding hydrogens is 312 g/mol. The third kappa shape index (κ3) is 5.44. The molecule has 0 spiro atoms. The fourth-order valence-electron chi connectivity index (χ4n) is 3.67. The molecular formula is C20H32N4O. The molecule has 0 heterocycles. The lowest BCUT2D eigenvalue weighted by atomic mass is 9.89. The normalized spacial score (nSPS) is 24.8. The van der Waals surface area contributed by atoms with Gasteiger partial charge in [-0.3, -0.25) is 0 Å². The first kappa shape index (κ1) is 18.2. The number of benzene rings is 1. The summed E-state index contributed by atoms with van der Waals surface area (Å²) in [4.78, 5) is 14.1. The van der Waals surface area contributed by atoms with Crippen molar-refractivity contribution < 1.29 is 4.79 Å². The highest BCUT2D eigenvalue weighted by atomic mass is 16.2. The van der Waals surface area contributed by atoms with Crippen molar-refractivity contribution in [1.82, 2.24) is 15.5 Å². The van der Waals surface area contributed by atoms with Gasteiger partial charge in [-0.25, -0.2) is 4.79 Å². The number of hydrogen-bond donors (Lipinski definition) is 3. The monoisotopic (exact) mass is 344 g/mol. The first-order valence-corrected chi connectivity index (χ1v) is 9.61. The summed E-state index contributed by atoms with van der Waals surface area (Å²) < 4.78 is 0. The molecule has 0 unspecified atom stereocenters. The Morgan fingerprint density at radius 3 is 2.44 bits per heavy atom. The Bertz CT molecular complexity index is 568. The quantitative estimate of drug-likeness (QED) is 0.740. The van der Waals surface area contributed by atoms with Gasteiger partial charge >= 0.3 is 6.03 Å². The largest absolute Gasteiger partial charge is 0.335 e. The van der Waals surface area contributed by atoms with Gasteiger partial charge in [-0.2, -0.15) is 0 Å². The molecule has 5 heteroatoms. The van der Waals surface area contributed by atoms with Gasteiger partial charge in [-0.15, -0.1) is 0 Å². The average Bonchev–Trinajstić information content (AvgIpc) is 3.39. The van der Waals surface area contributed by atoms with Crippen LogP contribution in [-0.2, 0) is 0 Å². The molecule has 0 aromatic heterocycles. The molecule has 2 amide bonds. The third-order valence-corrected chi connectivity index (χ3v) is 5.44. The summed E-state index contributed by atoms with van der Waals surface area (Å²) in [5.41, 5.74) is 2.11. The van der Waals surface area contributed by atoms with Gasteiger partial charge in [-0.1, -0.05) is 18.6 Å². The SMILES string of the molecule is C[C@H](N[C@@H]1CCC[C@@H](N(C)C)C1)c1ccc(NC(=O)NC2CC2)cc1. The van der Waals surface area contributed by atoms with Crippen LogP contribution >= 0.6 is 0 Å². The lowest BCUT2D eigenvalue weighted by molar-refractivity contribution is 0.193. The van der Waals surface area contributed by atoms with E-state index in [1.807, 2.05) is 12.1 Å². The zero-order chi connectivity index (χ0) is 17.8. The van der Waals surface area contributed by atoms with Crippen LogP contribution in [0.5, 0.6) is 0 Å². The van der Waals surface area contributed by atoms with Crippen molar-refractivity contribution in [3.05, 3.63) is 29.8 Å². The highest BCUT2D eigenvalue weighted by molar-refractivity contribution is 5.89. The van der Waals surface area contributed by atoms with Crippen LogP contribution in [0.15, 0.2) is 24.3 Å². The average molecular weight is 345 g/mol. The van der Waals surface area contributed by atoms with Crippen molar-refractivity contribution in [2.45, 2.75) is 69.6 Å². The minimum Gasteiger partial charge on any atom is -0.335 e. The first-order chi connectivity index (χ1) is 12.0. The molecule has 3 N–H and O–H groups in total. The number of rotatable bonds is 6. The molecule has 1 aromatic carbocycles. The molecule has 3 rings (SSSR count). The maximum Gasteiger partial charge on any atom is 0.319 e. The Kier molecular flexibility index (Phi) is 5.97. The van der Waals surface area contributed by atoms with Gasteiger partial charge < -0.3 is 20.9 Å². The van der Waals surface area contributed by atoms with Crippen LogP contribution in [0.4, 0.5) is 10.5 Å². The Balaban J connectivity index is 1.49. The van der Waals surface area contributed by atoms with E-state index in [0.717, 1.165) is 18.5 Å². The molecule has 2 fully saturated rings. The van der Waals surface area contributed by atoms with E-state index < -0.39 is 0 Å². The van der Waals surface area contributed by atoms with Crippen molar-refractivity contribution in [1.29, 1.82) is 0 Å². The lowest BCUT2D eigenvalue weighted by Gasteiger charge is -2.35. The lowest BCUT2D eigenvalue weighted by Crippen LogP contribution is -2.42. The molecule has 0 aliphatic heterocycles. The maximum absolute atomic E-state index is 11.8. The van der Waals surface area contributed by atoms with Gasteiger partial charge in [0.2, 0.25) is 0 Å². The number of urea groups is 1. The summed E-state index contributed by atoms with van der Waals surface area (Å²) >= 11 is 0. The van der Waals surface area contributed by atoms with Crippen molar-refractivity contribution in [2.24, 2.45) is 0 Å². The second-order valence-corrected chi connectivity index (χ2v) is 7.86. The zero-order valence-corrected chi connectivity index (χ0v) is 15.7. The highest BCUT2D eigenvalue weighted by Crippen LogP contribution is 2.25. The fourth-order valence-corrected chi connectivity index (χ4v) is 3.67. The molecule has 138 valence electrons. The Labute approximate surface area is 151 Å². The Morgan fingerprint density at radius 1 is 1.08 bits per heavy atom. The van der Waals surface area contributed by atoms with E-state index in [-0.39, 0.29) is 6.03 Å². The van der Waals surface area contributed by atoms with Gasteiger partial charge in [0.1, 0.15) is 0 Å². The van der Waals surface area contributed by atoms with Crippen LogP contribution in [0.2, 0.25) is 0 Å². The van der Waals surface area contributed by atoms with E-state index in [4.69, 9.17) is 0 Å². The molecule has 1 aromatic rings. The number of nitrogens with zero attached hydrogens (tertiary/aromatic N) is 1. The third-order valence-electron chi connectivity index (χ3n) is 5.44. The van der Waals surface area contributed by atoms with Crippen molar-refractivity contribution in [3.63, 3.8) is 0 Å². The smallest absolute Gasteiger partial charge is 0.319 e. The van der Waals surface area contributed by atoms with E-state index in [1.54, 1.807) is 0 Å². The zero-order valence-electron chi connectivity index (χ0n) is 15.7. The molecule has 25 heavy (non-hydrogen) atoms. The number of nitrogens with one attached hydrogen (secondary N) is 3. The summed E-state index contributed by atoms with van der Waals surface area (Å²) in [7, 11) is 4.36. The Morgan fingerprint density at radius 2 is 1.80 bits per heavy atom. The number of hydrogen-bond acceptors (Lipinski definition) is 3. The van der Waals surface area contributed by atoms with Gasteiger partial charge in [0.05, 0.1) is 0 Å². The minimum absolute atomic E-state index is 0.0987. The standard InChI is InChI=1S/C20H32N4O/c1-14(21-18-5-4-6-19(13-18)24(2)3)15-7-9-16(10-8-15)22-20(25)23-17-11-12-17/h7-10,14,17-19,21H,4-6,11-13H2,1-3H3,(H2,22,23,25)/t14-,18+,19+/m0/s1. The second-order valence-electron chi connectivity index (χ2n) is 7.86. The summed E-state index contributed by atoms with van der Waals surface area (Å²) in [6, 6.07) is 10.1. The molecule has 0 saturated heterocycles. The van der Waals surface area contributed by atoms with Gasteiger partial charge in [0, 0.05) is 29.9 Å². The van der Waals surface area contributed by atoms with Crippen molar-refractivity contribution in [2.75, 3.05) is 19.4 Å². The number of anilines is 1. The molecule has 2 aliphatic rings. The second kappa shape index (κ2) is 8.19. The van der Waals surface area contributed by atoms with Crippen LogP contribution in [0.25, 0.3) is 0 Å². The molecule has 5 nitrogen and oxygen atoms in total. The summed E-state index contributed by atoms with van der Waals surface area (Å²) in [6.07, 6.45) is 7.29. The number of carbonyl (C=O) groups is 1. The van der Waals surface area contributed by atoms with Crippen LogP contribution in [-0.4, -0.2) is 43.2 Å². The molecule has 2 aliphatic carbocycles. The first-order valence-electron chi connectivity index (χ1n) is 9.61. The summed E-state index contributed by atoms with van der Waals surface area (Å²) in [5, 5.41) is 9.63. The molecule has 0 radical (unpaired) electrons. The molecule has 3 atom stereocenters. The minimum atomic E-state index is -0.0987. The van der Waals surface area contributed by atoms with E-state index in [9.17, 15) is 4.79 Å². The van der Waals surface area contributed by atoms with Crippen LogP contribution in [0.1, 0.15) is 57.1 Å². The predicted molar refractivity (Wildman–Crippen MR) is 103 cm³/mol. The predicted octanol–water partition coefficient (Wildman–Crippen LogP) is 3.49.